The van der Waals surface area contributed by atoms with Crippen LogP contribution < -0.4 is 0 Å². The second kappa shape index (κ2) is 14.4. The molecule has 11 atom stereocenters. The molecule has 0 amide bonds. The summed E-state index contributed by atoms with van der Waals surface area (Å²) < 4.78 is 0. The number of benzene rings is 2. The lowest BCUT2D eigenvalue weighted by atomic mass is 9.37. The standard InChI is InChI=1S/C57H84O2S2/c1-11-51-32-53(12-2)28-42(51)29-56(53,34-51)44-24-41(50(8,9)10)22-39(48(44)59)31-61-46-20-18-16-15-17-19-45(46)60-30-38-21-40(49(5,6)7)23-43(47(38)58)52-25-37-26-54(13-3)36-55(14-4,33-52)57(54,27-37)35-52/h21-24,37,42,45-46,58-59H,11-20,25-36H2,1-10H3. The lowest BCUT2D eigenvalue weighted by Gasteiger charge is -2.67. The van der Waals surface area contributed by atoms with Crippen LogP contribution in [0.2, 0.25) is 0 Å². The first-order chi connectivity index (χ1) is 28.8. The molecule has 0 heterocycles. The van der Waals surface area contributed by atoms with Gasteiger partial charge in [0.05, 0.1) is 0 Å². The molecular formula is C57H84O2S2. The molecule has 9 aliphatic rings. The van der Waals surface area contributed by atoms with Gasteiger partial charge in [-0.3, -0.25) is 0 Å². The second-order valence-corrected chi connectivity index (χ2v) is 28.2. The molecule has 2 aromatic rings. The molecule has 0 radical (unpaired) electrons. The van der Waals surface area contributed by atoms with E-state index < -0.39 is 0 Å². The Kier molecular flexibility index (Phi) is 10.3. The lowest BCUT2D eigenvalue weighted by molar-refractivity contribution is -0.182. The minimum Gasteiger partial charge on any atom is -0.507 e. The summed E-state index contributed by atoms with van der Waals surface area (Å²) in [4.78, 5) is 0. The number of aromatic hydroxyl groups is 2. The van der Waals surface area contributed by atoms with Crippen LogP contribution in [0.25, 0.3) is 0 Å². The Morgan fingerprint density at radius 3 is 1.67 bits per heavy atom. The van der Waals surface area contributed by atoms with Crippen molar-refractivity contribution in [3.05, 3.63) is 57.6 Å². The molecule has 2 aromatic carbocycles. The van der Waals surface area contributed by atoms with Gasteiger partial charge in [0.1, 0.15) is 11.5 Å². The highest BCUT2D eigenvalue weighted by atomic mass is 32.2. The van der Waals surface area contributed by atoms with Gasteiger partial charge in [0.2, 0.25) is 0 Å². The normalized spacial score (nSPS) is 42.0. The minimum atomic E-state index is 0.0323. The van der Waals surface area contributed by atoms with Crippen molar-refractivity contribution in [1.82, 2.24) is 0 Å². The molecule has 61 heavy (non-hydrogen) atoms. The van der Waals surface area contributed by atoms with Gasteiger partial charge < -0.3 is 10.2 Å². The summed E-state index contributed by atoms with van der Waals surface area (Å²) in [5.41, 5.74) is 10.6. The Bertz CT molecular complexity index is 2060. The Labute approximate surface area is 381 Å². The molecule has 9 aliphatic carbocycles. The first kappa shape index (κ1) is 43.6. The predicted octanol–water partition coefficient (Wildman–Crippen LogP) is 16.2. The lowest BCUT2D eigenvalue weighted by Crippen LogP contribution is -2.59. The zero-order chi connectivity index (χ0) is 43.2. The second-order valence-electron chi connectivity index (χ2n) is 25.8. The maximum Gasteiger partial charge on any atom is 0.123 e. The zero-order valence-electron chi connectivity index (χ0n) is 40.4. The van der Waals surface area contributed by atoms with E-state index in [1.165, 1.54) is 162 Å². The van der Waals surface area contributed by atoms with E-state index in [4.69, 9.17) is 0 Å². The van der Waals surface area contributed by atoms with Crippen LogP contribution in [-0.2, 0) is 33.2 Å². The first-order valence-corrected chi connectivity index (χ1v) is 27.9. The maximum absolute atomic E-state index is 12.7. The molecule has 0 saturated heterocycles. The van der Waals surface area contributed by atoms with Crippen molar-refractivity contribution in [2.45, 2.75) is 241 Å². The van der Waals surface area contributed by atoms with Gasteiger partial charge >= 0.3 is 0 Å². The van der Waals surface area contributed by atoms with Gasteiger partial charge in [0, 0.05) is 55.1 Å². The largest absolute Gasteiger partial charge is 0.507 e. The van der Waals surface area contributed by atoms with Crippen molar-refractivity contribution in [1.29, 1.82) is 0 Å². The molecule has 0 aliphatic heterocycles. The number of fused-ring (bicyclic) bond motifs is 2. The highest BCUT2D eigenvalue weighted by Gasteiger charge is 2.82. The average molecular weight is 865 g/mol. The highest BCUT2D eigenvalue weighted by molar-refractivity contribution is 8.03. The van der Waals surface area contributed by atoms with Gasteiger partial charge in [-0.05, 0) is 157 Å². The summed E-state index contributed by atoms with van der Waals surface area (Å²) in [7, 11) is 0. The van der Waals surface area contributed by atoms with Gasteiger partial charge in [-0.25, -0.2) is 0 Å². The fourth-order valence-electron chi connectivity index (χ4n) is 18.6. The van der Waals surface area contributed by atoms with Crippen molar-refractivity contribution in [3.63, 3.8) is 0 Å². The van der Waals surface area contributed by atoms with Crippen LogP contribution in [-0.4, -0.2) is 20.7 Å². The minimum absolute atomic E-state index is 0.0323. The Hall–Kier alpha value is -1.26. The molecule has 0 aromatic heterocycles. The van der Waals surface area contributed by atoms with Crippen molar-refractivity contribution in [2.24, 2.45) is 38.9 Å². The molecule has 7 bridgehead atoms. The number of thioether (sulfide) groups is 2. The molecule has 9 saturated carbocycles. The van der Waals surface area contributed by atoms with E-state index in [2.05, 4.69) is 117 Å². The van der Waals surface area contributed by atoms with Gasteiger partial charge in [0.25, 0.3) is 0 Å². The Balaban J connectivity index is 0.941. The molecule has 11 rings (SSSR count). The van der Waals surface area contributed by atoms with Crippen molar-refractivity contribution in [3.8, 4) is 11.5 Å². The van der Waals surface area contributed by atoms with E-state index in [0.717, 1.165) is 23.3 Å². The number of rotatable bonds is 12. The number of hydrogen-bond donors (Lipinski definition) is 2. The molecule has 2 nitrogen and oxygen atoms in total. The molecule has 4 heteroatoms. The van der Waals surface area contributed by atoms with Crippen LogP contribution in [0.1, 0.15) is 231 Å². The predicted molar refractivity (Wildman–Crippen MR) is 261 cm³/mol. The van der Waals surface area contributed by atoms with Crippen LogP contribution in [0.4, 0.5) is 0 Å². The molecule has 9 fully saturated rings. The van der Waals surface area contributed by atoms with E-state index in [-0.39, 0.29) is 21.7 Å². The summed E-state index contributed by atoms with van der Waals surface area (Å²) in [6.45, 7) is 24.2. The first-order valence-electron chi connectivity index (χ1n) is 25.8. The Morgan fingerprint density at radius 1 is 0.557 bits per heavy atom. The summed E-state index contributed by atoms with van der Waals surface area (Å²) in [5, 5.41) is 26.3. The molecular weight excluding hydrogens is 781 g/mol. The van der Waals surface area contributed by atoms with Gasteiger partial charge in [-0.15, -0.1) is 0 Å². The van der Waals surface area contributed by atoms with Crippen molar-refractivity contribution >= 4 is 23.5 Å². The fraction of sp³-hybridized carbons (Fsp3) is 0.789. The SMILES string of the molecule is CCC12CC3(CC)CC1CC3(c1cc(C(C)(C)C)cc(CSC3CCCCCCC3SCc3cc(C(C)(C)C)cc(C45CC6CC7(CC)CC(CC)(C4)C7(C6)C5)c3O)c1O)C2. The monoisotopic (exact) mass is 865 g/mol. The Morgan fingerprint density at radius 2 is 1.13 bits per heavy atom. The summed E-state index contributed by atoms with van der Waals surface area (Å²) in [6, 6.07) is 9.83. The van der Waals surface area contributed by atoms with Gasteiger partial charge in [-0.2, -0.15) is 23.5 Å². The van der Waals surface area contributed by atoms with Gasteiger partial charge in [0.15, 0.2) is 0 Å². The fourth-order valence-corrected chi connectivity index (χ4v) is 21.6. The van der Waals surface area contributed by atoms with E-state index in [1.807, 2.05) is 0 Å². The van der Waals surface area contributed by atoms with Crippen LogP contribution in [0.3, 0.4) is 0 Å². The zero-order valence-corrected chi connectivity index (χ0v) is 42.0. The smallest absolute Gasteiger partial charge is 0.123 e. The molecule has 11 unspecified atom stereocenters. The number of phenolic OH excluding ortho intramolecular Hbond substituents is 2. The number of phenols is 2. The molecule has 2 N–H and O–H groups in total. The van der Waals surface area contributed by atoms with E-state index in [0.29, 0.717) is 49.1 Å². The van der Waals surface area contributed by atoms with Crippen LogP contribution in [0, 0.1) is 38.9 Å². The summed E-state index contributed by atoms with van der Waals surface area (Å²) in [5.74, 6) is 4.75. The van der Waals surface area contributed by atoms with E-state index >= 15 is 0 Å². The van der Waals surface area contributed by atoms with Gasteiger partial charge in [-0.1, -0.05) is 126 Å². The highest BCUT2D eigenvalue weighted by Crippen LogP contribution is 2.90. The van der Waals surface area contributed by atoms with Crippen molar-refractivity contribution in [2.75, 3.05) is 0 Å². The molecule has 336 valence electrons. The topological polar surface area (TPSA) is 40.5 Å². The third-order valence-electron chi connectivity index (χ3n) is 21.5. The van der Waals surface area contributed by atoms with E-state index in [1.54, 1.807) is 0 Å². The average Bonchev–Trinajstić information content (AvgIpc) is 3.96. The summed E-state index contributed by atoms with van der Waals surface area (Å²) in [6.07, 6.45) is 26.6. The number of hydrogen-bond acceptors (Lipinski definition) is 4. The third-order valence-corrected chi connectivity index (χ3v) is 24.6. The van der Waals surface area contributed by atoms with Crippen LogP contribution in [0.5, 0.6) is 11.5 Å². The van der Waals surface area contributed by atoms with Crippen LogP contribution >= 0.6 is 23.5 Å². The maximum atomic E-state index is 12.7. The van der Waals surface area contributed by atoms with Crippen LogP contribution in [0.15, 0.2) is 24.3 Å². The summed E-state index contributed by atoms with van der Waals surface area (Å²) >= 11 is 4.32. The van der Waals surface area contributed by atoms with Crippen molar-refractivity contribution < 1.29 is 10.2 Å². The quantitative estimate of drug-likeness (QED) is 0.223. The third kappa shape index (κ3) is 5.99. The van der Waals surface area contributed by atoms with E-state index in [9.17, 15) is 10.2 Å². The molecule has 1 spiro atoms.